The molecule has 1 fully saturated rings. The van der Waals surface area contributed by atoms with E-state index >= 15 is 4.39 Å². The van der Waals surface area contributed by atoms with Crippen molar-refractivity contribution >= 4 is 34.7 Å². The Bertz CT molecular complexity index is 1070. The Hall–Kier alpha value is -2.84. The highest BCUT2D eigenvalue weighted by Crippen LogP contribution is 2.43. The number of aromatic nitrogens is 2. The van der Waals surface area contributed by atoms with Crippen LogP contribution in [0.1, 0.15) is 25.3 Å². The summed E-state index contributed by atoms with van der Waals surface area (Å²) < 4.78 is 21.2. The van der Waals surface area contributed by atoms with Crippen LogP contribution in [0.5, 0.6) is 5.75 Å². The van der Waals surface area contributed by atoms with E-state index in [1.165, 1.54) is 6.20 Å². The molecule has 0 radical (unpaired) electrons. The van der Waals surface area contributed by atoms with Gasteiger partial charge in [-0.3, -0.25) is 0 Å². The molecule has 176 valence electrons. The van der Waals surface area contributed by atoms with Crippen molar-refractivity contribution in [2.24, 2.45) is 0 Å². The Balaban J connectivity index is 1.59. The number of nitrogens with zero attached hydrogens (tertiary/aromatic N) is 4. The van der Waals surface area contributed by atoms with Crippen molar-refractivity contribution in [2.45, 2.75) is 32.2 Å². The van der Waals surface area contributed by atoms with E-state index in [9.17, 15) is 0 Å². The molecular formula is C24H30ClFN6O. The van der Waals surface area contributed by atoms with Gasteiger partial charge in [0, 0.05) is 42.5 Å². The molecule has 0 unspecified atom stereocenters. The summed E-state index contributed by atoms with van der Waals surface area (Å²) in [5.74, 6) is 0.736. The predicted molar refractivity (Wildman–Crippen MR) is 132 cm³/mol. The zero-order valence-electron chi connectivity index (χ0n) is 19.3. The Morgan fingerprint density at radius 1 is 1.36 bits per heavy atom. The van der Waals surface area contributed by atoms with Crippen molar-refractivity contribution in [1.29, 1.82) is 0 Å². The van der Waals surface area contributed by atoms with Crippen LogP contribution < -0.4 is 20.3 Å². The van der Waals surface area contributed by atoms with Crippen molar-refractivity contribution in [3.8, 4) is 5.75 Å². The first-order chi connectivity index (χ1) is 15.9. The van der Waals surface area contributed by atoms with Gasteiger partial charge in [0.1, 0.15) is 10.7 Å². The van der Waals surface area contributed by atoms with Crippen LogP contribution in [0.2, 0.25) is 5.02 Å². The van der Waals surface area contributed by atoms with Crippen molar-refractivity contribution in [1.82, 2.24) is 14.9 Å². The summed E-state index contributed by atoms with van der Waals surface area (Å²) in [7, 11) is 4.23. The van der Waals surface area contributed by atoms with Crippen LogP contribution in [0.15, 0.2) is 36.7 Å². The van der Waals surface area contributed by atoms with Crippen LogP contribution in [-0.4, -0.2) is 54.7 Å². The van der Waals surface area contributed by atoms with E-state index in [0.717, 1.165) is 43.6 Å². The highest BCUT2D eigenvalue weighted by Gasteiger charge is 2.29. The quantitative estimate of drug-likeness (QED) is 0.551. The lowest BCUT2D eigenvalue weighted by Gasteiger charge is -2.37. The van der Waals surface area contributed by atoms with Crippen molar-refractivity contribution in [3.63, 3.8) is 0 Å². The van der Waals surface area contributed by atoms with Gasteiger partial charge < -0.3 is 25.2 Å². The Morgan fingerprint density at radius 2 is 2.12 bits per heavy atom. The Morgan fingerprint density at radius 3 is 2.82 bits per heavy atom. The summed E-state index contributed by atoms with van der Waals surface area (Å²) in [4.78, 5) is 13.1. The molecule has 7 nitrogen and oxygen atoms in total. The molecule has 3 heterocycles. The van der Waals surface area contributed by atoms with Crippen molar-refractivity contribution in [3.05, 3.63) is 53.1 Å². The largest absolute Gasteiger partial charge is 0.491 e. The predicted octanol–water partition coefficient (Wildman–Crippen LogP) is 4.98. The molecule has 9 heteroatoms. The lowest BCUT2D eigenvalue weighted by molar-refractivity contribution is 0.249. The van der Waals surface area contributed by atoms with Crippen LogP contribution in [0.25, 0.3) is 0 Å². The molecule has 0 amide bonds. The summed E-state index contributed by atoms with van der Waals surface area (Å²) in [6.45, 7) is 8.10. The first-order valence-corrected chi connectivity index (χ1v) is 11.5. The van der Waals surface area contributed by atoms with Gasteiger partial charge in [-0.15, -0.1) is 0 Å². The van der Waals surface area contributed by atoms with Gasteiger partial charge in [-0.25, -0.2) is 9.37 Å². The summed E-state index contributed by atoms with van der Waals surface area (Å²) in [5.41, 5.74) is 2.82. The molecular weight excluding hydrogens is 443 g/mol. The molecule has 0 spiro atoms. The van der Waals surface area contributed by atoms with E-state index in [0.29, 0.717) is 34.9 Å². The lowest BCUT2D eigenvalue weighted by atomic mass is 10.0. The molecule has 0 atom stereocenters. The molecule has 2 aromatic rings. The first-order valence-electron chi connectivity index (χ1n) is 11.1. The smallest absolute Gasteiger partial charge is 0.229 e. The average Bonchev–Trinajstić information content (AvgIpc) is 3.28. The summed E-state index contributed by atoms with van der Waals surface area (Å²) in [6, 6.07) is 2.17. The highest BCUT2D eigenvalue weighted by atomic mass is 35.5. The minimum atomic E-state index is -0.397. The molecule has 1 saturated heterocycles. The number of benzene rings is 1. The van der Waals surface area contributed by atoms with Crippen LogP contribution in [0.4, 0.5) is 27.5 Å². The summed E-state index contributed by atoms with van der Waals surface area (Å²) in [6.07, 6.45) is 7.96. The van der Waals surface area contributed by atoms with E-state index < -0.39 is 5.82 Å². The maximum Gasteiger partial charge on any atom is 0.229 e. The number of hydrogen-bond acceptors (Lipinski definition) is 7. The highest BCUT2D eigenvalue weighted by molar-refractivity contribution is 6.32. The number of halogens is 2. The van der Waals surface area contributed by atoms with E-state index in [4.69, 9.17) is 16.3 Å². The fourth-order valence-corrected chi connectivity index (χ4v) is 4.49. The van der Waals surface area contributed by atoms with Gasteiger partial charge in [-0.1, -0.05) is 24.3 Å². The van der Waals surface area contributed by atoms with E-state index in [1.54, 1.807) is 12.1 Å². The van der Waals surface area contributed by atoms with E-state index in [-0.39, 0.29) is 11.6 Å². The van der Waals surface area contributed by atoms with Gasteiger partial charge in [-0.2, -0.15) is 4.98 Å². The summed E-state index contributed by atoms with van der Waals surface area (Å²) in [5, 5.41) is 6.37. The number of allylic oxidation sites excluding steroid dienone is 2. The Kier molecular flexibility index (Phi) is 7.05. The zero-order chi connectivity index (χ0) is 23.5. The third-order valence-corrected chi connectivity index (χ3v) is 6.35. The number of nitrogens with one attached hydrogen (secondary N) is 2. The second-order valence-electron chi connectivity index (χ2n) is 8.51. The fourth-order valence-electron chi connectivity index (χ4n) is 4.35. The van der Waals surface area contributed by atoms with Crippen LogP contribution in [0, 0.1) is 5.82 Å². The van der Waals surface area contributed by atoms with Gasteiger partial charge >= 0.3 is 0 Å². The maximum absolute atomic E-state index is 15.3. The standard InChI is InChI=1S/C24H30ClFN6O/c1-5-6-15(2)28-23-18(25)14-27-24(30-23)29-21-19(26)13-20(17-9-12-33-22(17)21)32-10-7-16(8-11-32)31(3)4/h5-6,13-14,16H,2,7-12H2,1,3-4H3,(H2,27,28,29,30)/b6-5-. The van der Waals surface area contributed by atoms with Crippen LogP contribution in [-0.2, 0) is 6.42 Å². The molecule has 0 saturated carbocycles. The van der Waals surface area contributed by atoms with Crippen LogP contribution in [0.3, 0.4) is 0 Å². The topological polar surface area (TPSA) is 65.6 Å². The first kappa shape index (κ1) is 23.3. The number of fused-ring (bicyclic) bond motifs is 1. The molecule has 33 heavy (non-hydrogen) atoms. The Labute approximate surface area is 199 Å². The lowest BCUT2D eigenvalue weighted by Crippen LogP contribution is -2.42. The van der Waals surface area contributed by atoms with Crippen LogP contribution >= 0.6 is 11.6 Å². The second-order valence-corrected chi connectivity index (χ2v) is 8.91. The number of hydrogen-bond donors (Lipinski definition) is 2. The van der Waals surface area contributed by atoms with Gasteiger partial charge in [0.2, 0.25) is 5.95 Å². The maximum atomic E-state index is 15.3. The zero-order valence-corrected chi connectivity index (χ0v) is 20.0. The third kappa shape index (κ3) is 5.07. The number of piperidine rings is 1. The SMILES string of the molecule is C=C(/C=C\C)Nc1nc(Nc2c(F)cc(N3CCC(N(C)C)CC3)c3c2OCC3)ncc1Cl. The monoisotopic (exact) mass is 472 g/mol. The number of ether oxygens (including phenoxy) is 1. The molecule has 1 aromatic heterocycles. The normalized spacial score (nSPS) is 16.2. The van der Waals surface area contributed by atoms with Gasteiger partial charge in [0.15, 0.2) is 17.4 Å². The third-order valence-electron chi connectivity index (χ3n) is 6.07. The van der Waals surface area contributed by atoms with Gasteiger partial charge in [0.25, 0.3) is 0 Å². The number of rotatable bonds is 7. The van der Waals surface area contributed by atoms with E-state index in [1.807, 2.05) is 13.0 Å². The minimum absolute atomic E-state index is 0.214. The van der Waals surface area contributed by atoms with E-state index in [2.05, 4.69) is 51.1 Å². The molecule has 1 aromatic carbocycles. The van der Waals surface area contributed by atoms with Gasteiger partial charge in [-0.05, 0) is 46.0 Å². The molecule has 0 aliphatic carbocycles. The second kappa shape index (κ2) is 9.97. The minimum Gasteiger partial charge on any atom is -0.491 e. The average molecular weight is 473 g/mol. The fraction of sp³-hybridized carbons (Fsp3) is 0.417. The van der Waals surface area contributed by atoms with Crippen molar-refractivity contribution < 1.29 is 9.13 Å². The van der Waals surface area contributed by atoms with Gasteiger partial charge in [0.05, 0.1) is 12.8 Å². The molecule has 2 N–H and O–H groups in total. The summed E-state index contributed by atoms with van der Waals surface area (Å²) >= 11 is 6.22. The molecule has 4 rings (SSSR count). The molecule has 2 aliphatic heterocycles. The van der Waals surface area contributed by atoms with Crippen molar-refractivity contribution in [2.75, 3.05) is 49.3 Å². The number of anilines is 4. The molecule has 0 bridgehead atoms. The molecule has 2 aliphatic rings.